The number of methoxy groups -OCH3 is 2. The van der Waals surface area contributed by atoms with Gasteiger partial charge in [0.15, 0.2) is 5.75 Å². The normalized spacial score (nSPS) is 11.3. The van der Waals surface area contributed by atoms with Crippen molar-refractivity contribution in [3.05, 3.63) is 29.6 Å². The Kier molecular flexibility index (Phi) is 3.78. The zero-order chi connectivity index (χ0) is 15.6. The second-order valence-electron chi connectivity index (χ2n) is 3.76. The lowest BCUT2D eigenvalue weighted by atomic mass is 10.1. The molecule has 0 saturated carbocycles. The van der Waals surface area contributed by atoms with Crippen LogP contribution in [0.1, 0.15) is 16.2 Å². The third-order valence-corrected chi connectivity index (χ3v) is 2.55. The topological polar surface area (TPSA) is 79.1 Å². The number of hydrogen-bond donors (Lipinski definition) is 0. The number of halogens is 3. The van der Waals surface area contributed by atoms with Crippen molar-refractivity contribution in [1.29, 1.82) is 0 Å². The number of nitrogens with zero attached hydrogens (tertiary/aromatic N) is 4. The number of carbonyl (C=O) groups excluding carboxylic acids is 1. The highest BCUT2D eigenvalue weighted by Gasteiger charge is 2.39. The molecule has 0 radical (unpaired) electrons. The van der Waals surface area contributed by atoms with Gasteiger partial charge in [0.05, 0.1) is 14.2 Å². The van der Waals surface area contributed by atoms with E-state index in [1.54, 1.807) is 0 Å². The summed E-state index contributed by atoms with van der Waals surface area (Å²) in [6.45, 7) is 0. The van der Waals surface area contributed by atoms with Gasteiger partial charge in [0.1, 0.15) is 11.3 Å². The minimum Gasteiger partial charge on any atom is -0.494 e. The Bertz CT molecular complexity index is 669. The monoisotopic (exact) mass is 302 g/mol. The van der Waals surface area contributed by atoms with Crippen LogP contribution < -0.4 is 4.74 Å². The third kappa shape index (κ3) is 2.64. The summed E-state index contributed by atoms with van der Waals surface area (Å²) in [5.74, 6) is -2.21. The van der Waals surface area contributed by atoms with Crippen LogP contribution in [0.3, 0.4) is 0 Å². The van der Waals surface area contributed by atoms with Gasteiger partial charge >= 0.3 is 12.1 Å². The first-order chi connectivity index (χ1) is 9.90. The first kappa shape index (κ1) is 14.8. The van der Waals surface area contributed by atoms with Crippen molar-refractivity contribution in [2.45, 2.75) is 6.18 Å². The van der Waals surface area contributed by atoms with Gasteiger partial charge in [0.25, 0.3) is 5.82 Å². The molecule has 0 spiro atoms. The van der Waals surface area contributed by atoms with Crippen LogP contribution in [0.15, 0.2) is 18.2 Å². The minimum absolute atomic E-state index is 0.0406. The van der Waals surface area contributed by atoms with Crippen LogP contribution in [0.25, 0.3) is 5.69 Å². The second kappa shape index (κ2) is 5.38. The summed E-state index contributed by atoms with van der Waals surface area (Å²) in [6.07, 6.45) is -4.75. The van der Waals surface area contributed by atoms with Crippen molar-refractivity contribution >= 4 is 5.97 Å². The molecule has 21 heavy (non-hydrogen) atoms. The van der Waals surface area contributed by atoms with E-state index in [0.717, 1.165) is 7.11 Å². The Morgan fingerprint density at radius 1 is 1.29 bits per heavy atom. The standard InChI is InChI=1S/C11H9F3N4O3/c1-20-8-6(9(19)21-2)4-3-5-7(8)18-10(11(12,13)14)15-16-17-18/h3-5H,1-2H3. The molecule has 7 nitrogen and oxygen atoms in total. The van der Waals surface area contributed by atoms with Gasteiger partial charge in [-0.3, -0.25) is 0 Å². The third-order valence-electron chi connectivity index (χ3n) is 2.55. The molecule has 0 aliphatic rings. The highest BCUT2D eigenvalue weighted by molar-refractivity contribution is 5.93. The van der Waals surface area contributed by atoms with E-state index < -0.39 is 18.0 Å². The van der Waals surface area contributed by atoms with Crippen molar-refractivity contribution in [3.63, 3.8) is 0 Å². The lowest BCUT2D eigenvalue weighted by Gasteiger charge is -2.13. The van der Waals surface area contributed by atoms with E-state index in [2.05, 4.69) is 20.3 Å². The number of ether oxygens (including phenoxy) is 2. The predicted molar refractivity (Wildman–Crippen MR) is 62.0 cm³/mol. The lowest BCUT2D eigenvalue weighted by molar-refractivity contribution is -0.146. The molecule has 1 aromatic heterocycles. The van der Waals surface area contributed by atoms with Crippen LogP contribution in [0.2, 0.25) is 0 Å². The van der Waals surface area contributed by atoms with Crippen molar-refractivity contribution in [1.82, 2.24) is 20.2 Å². The molecule has 0 aliphatic carbocycles. The molecule has 2 aromatic rings. The Morgan fingerprint density at radius 3 is 2.57 bits per heavy atom. The maximum absolute atomic E-state index is 12.8. The highest BCUT2D eigenvalue weighted by Crippen LogP contribution is 2.33. The molecule has 0 bridgehead atoms. The average Bonchev–Trinajstić information content (AvgIpc) is 2.94. The van der Waals surface area contributed by atoms with Crippen LogP contribution in [0, 0.1) is 0 Å². The zero-order valence-electron chi connectivity index (χ0n) is 10.9. The molecule has 0 atom stereocenters. The van der Waals surface area contributed by atoms with Crippen molar-refractivity contribution < 1.29 is 27.4 Å². The van der Waals surface area contributed by atoms with E-state index in [-0.39, 0.29) is 17.0 Å². The Morgan fingerprint density at radius 2 is 2.00 bits per heavy atom. The van der Waals surface area contributed by atoms with E-state index in [1.807, 2.05) is 0 Å². The summed E-state index contributed by atoms with van der Waals surface area (Å²) in [6, 6.07) is 4.01. The van der Waals surface area contributed by atoms with Crippen LogP contribution in [0.4, 0.5) is 13.2 Å². The van der Waals surface area contributed by atoms with Crippen LogP contribution in [-0.2, 0) is 10.9 Å². The fourth-order valence-corrected chi connectivity index (χ4v) is 1.70. The first-order valence-electron chi connectivity index (χ1n) is 5.51. The predicted octanol–water partition coefficient (Wildman–Crippen LogP) is 1.48. The molecular weight excluding hydrogens is 293 g/mol. The molecule has 112 valence electrons. The summed E-state index contributed by atoms with van der Waals surface area (Å²) in [5, 5.41) is 9.24. The molecule has 0 fully saturated rings. The maximum Gasteiger partial charge on any atom is 0.453 e. The molecule has 0 saturated heterocycles. The van der Waals surface area contributed by atoms with E-state index in [4.69, 9.17) is 4.74 Å². The quantitative estimate of drug-likeness (QED) is 0.799. The van der Waals surface area contributed by atoms with Crippen molar-refractivity contribution in [2.24, 2.45) is 0 Å². The zero-order valence-corrected chi connectivity index (χ0v) is 10.9. The molecular formula is C11H9F3N4O3. The fraction of sp³-hybridized carbons (Fsp3) is 0.273. The van der Waals surface area contributed by atoms with Crippen LogP contribution >= 0.6 is 0 Å². The smallest absolute Gasteiger partial charge is 0.453 e. The second-order valence-corrected chi connectivity index (χ2v) is 3.76. The van der Waals surface area contributed by atoms with E-state index in [0.29, 0.717) is 4.68 Å². The number of para-hydroxylation sites is 1. The number of esters is 1. The van der Waals surface area contributed by atoms with E-state index in [1.165, 1.54) is 25.3 Å². The van der Waals surface area contributed by atoms with E-state index >= 15 is 0 Å². The van der Waals surface area contributed by atoms with Crippen LogP contribution in [-0.4, -0.2) is 40.4 Å². The number of benzene rings is 1. The summed E-state index contributed by atoms with van der Waals surface area (Å²) in [4.78, 5) is 11.6. The van der Waals surface area contributed by atoms with Crippen molar-refractivity contribution in [2.75, 3.05) is 14.2 Å². The molecule has 1 aromatic carbocycles. The van der Waals surface area contributed by atoms with Gasteiger partial charge < -0.3 is 9.47 Å². The van der Waals surface area contributed by atoms with Gasteiger partial charge in [-0.15, -0.1) is 5.10 Å². The molecule has 2 rings (SSSR count). The fourth-order valence-electron chi connectivity index (χ4n) is 1.70. The Hall–Kier alpha value is -2.65. The summed E-state index contributed by atoms with van der Waals surface area (Å²) in [7, 11) is 2.36. The number of rotatable bonds is 3. The molecule has 1 heterocycles. The van der Waals surface area contributed by atoms with Gasteiger partial charge in [0, 0.05) is 0 Å². The summed E-state index contributed by atoms with van der Waals surface area (Å²) >= 11 is 0. The minimum atomic E-state index is -4.75. The highest BCUT2D eigenvalue weighted by atomic mass is 19.4. The number of carbonyl (C=O) groups is 1. The summed E-state index contributed by atoms with van der Waals surface area (Å²) in [5.41, 5.74) is -0.168. The Balaban J connectivity index is 2.66. The van der Waals surface area contributed by atoms with Gasteiger partial charge in [-0.2, -0.15) is 17.9 Å². The Labute approximate surface area is 116 Å². The number of tetrazole rings is 1. The largest absolute Gasteiger partial charge is 0.494 e. The van der Waals surface area contributed by atoms with Gasteiger partial charge in [0.2, 0.25) is 0 Å². The number of alkyl halides is 3. The summed E-state index contributed by atoms with van der Waals surface area (Å²) < 4.78 is 48.5. The molecule has 0 aliphatic heterocycles. The van der Waals surface area contributed by atoms with Gasteiger partial charge in [-0.05, 0) is 22.6 Å². The first-order valence-corrected chi connectivity index (χ1v) is 5.51. The van der Waals surface area contributed by atoms with Crippen molar-refractivity contribution in [3.8, 4) is 11.4 Å². The van der Waals surface area contributed by atoms with Gasteiger partial charge in [-0.25, -0.2) is 4.79 Å². The maximum atomic E-state index is 12.8. The van der Waals surface area contributed by atoms with E-state index in [9.17, 15) is 18.0 Å². The molecule has 0 N–H and O–H groups in total. The number of aromatic nitrogens is 4. The SMILES string of the molecule is COC(=O)c1cccc(-n2nnnc2C(F)(F)F)c1OC. The molecule has 0 amide bonds. The molecule has 10 heteroatoms. The van der Waals surface area contributed by atoms with Gasteiger partial charge in [-0.1, -0.05) is 6.07 Å². The average molecular weight is 302 g/mol. The lowest BCUT2D eigenvalue weighted by Crippen LogP contribution is -2.16. The molecule has 0 unspecified atom stereocenters. The van der Waals surface area contributed by atoms with Crippen LogP contribution in [0.5, 0.6) is 5.75 Å². The number of hydrogen-bond acceptors (Lipinski definition) is 6.